The normalized spacial score (nSPS) is 11.2. The van der Waals surface area contributed by atoms with Crippen LogP contribution < -0.4 is 5.73 Å². The number of ether oxygens (including phenoxy) is 1. The molecule has 34 heavy (non-hydrogen) atoms. The Kier molecular flexibility index (Phi) is 6.60. The lowest BCUT2D eigenvalue weighted by atomic mass is 10.2. The molecule has 0 aliphatic rings. The van der Waals surface area contributed by atoms with Crippen LogP contribution in [0.15, 0.2) is 90.0 Å². The second kappa shape index (κ2) is 9.75. The Morgan fingerprint density at radius 2 is 1.50 bits per heavy atom. The van der Waals surface area contributed by atoms with Crippen LogP contribution in [-0.2, 0) is 27.9 Å². The van der Waals surface area contributed by atoms with Crippen molar-refractivity contribution in [2.24, 2.45) is 0 Å². The first-order valence-electron chi connectivity index (χ1n) is 10.4. The first-order valence-corrected chi connectivity index (χ1v) is 11.9. The van der Waals surface area contributed by atoms with Crippen LogP contribution in [0.3, 0.4) is 0 Å². The molecule has 0 atom stereocenters. The molecule has 0 bridgehead atoms. The van der Waals surface area contributed by atoms with Crippen LogP contribution in [-0.4, -0.2) is 33.8 Å². The van der Waals surface area contributed by atoms with Crippen LogP contribution in [0.2, 0.25) is 0 Å². The molecule has 9 nitrogen and oxygen atoms in total. The van der Waals surface area contributed by atoms with E-state index in [2.05, 4.69) is 10.2 Å². The summed E-state index contributed by atoms with van der Waals surface area (Å²) in [7, 11) is -4.49. The molecule has 3 aromatic carbocycles. The van der Waals surface area contributed by atoms with Gasteiger partial charge in [0.25, 0.3) is 10.0 Å². The number of amides is 1. The molecular formula is C24H23N5O4S. The minimum Gasteiger partial charge on any atom is -0.444 e. The van der Waals surface area contributed by atoms with Crippen LogP contribution >= 0.6 is 0 Å². The van der Waals surface area contributed by atoms with E-state index in [1.165, 1.54) is 0 Å². The van der Waals surface area contributed by atoms with Gasteiger partial charge in [-0.05, 0) is 30.2 Å². The summed E-state index contributed by atoms with van der Waals surface area (Å²) >= 11 is 0. The van der Waals surface area contributed by atoms with Crippen molar-refractivity contribution in [2.45, 2.75) is 25.1 Å². The van der Waals surface area contributed by atoms with Crippen molar-refractivity contribution in [3.8, 4) is 5.69 Å². The van der Waals surface area contributed by atoms with E-state index in [1.54, 1.807) is 66.7 Å². The van der Waals surface area contributed by atoms with Crippen molar-refractivity contribution in [1.82, 2.24) is 19.3 Å². The largest absolute Gasteiger partial charge is 0.444 e. The number of nitrogens with two attached hydrogens (primary N) is 1. The fourth-order valence-electron chi connectivity index (χ4n) is 3.17. The number of hydrogen-bond donors (Lipinski definition) is 1. The molecule has 0 unspecified atom stereocenters. The third-order valence-electron chi connectivity index (χ3n) is 4.98. The fourth-order valence-corrected chi connectivity index (χ4v) is 4.44. The molecule has 0 saturated heterocycles. The number of rotatable bonds is 7. The zero-order chi connectivity index (χ0) is 24.1. The quantitative estimate of drug-likeness (QED) is 0.431. The van der Waals surface area contributed by atoms with Crippen molar-refractivity contribution in [1.29, 1.82) is 0 Å². The molecule has 174 valence electrons. The highest BCUT2D eigenvalue weighted by Crippen LogP contribution is 2.23. The molecule has 1 amide bonds. The third kappa shape index (κ3) is 5.07. The number of benzene rings is 3. The lowest BCUT2D eigenvalue weighted by Gasteiger charge is -2.21. The zero-order valence-corrected chi connectivity index (χ0v) is 19.2. The Labute approximate surface area is 197 Å². The first-order chi connectivity index (χ1) is 16.3. The van der Waals surface area contributed by atoms with Crippen molar-refractivity contribution >= 4 is 21.9 Å². The maximum absolute atomic E-state index is 13.5. The minimum absolute atomic E-state index is 0.0912. The van der Waals surface area contributed by atoms with E-state index in [0.29, 0.717) is 15.6 Å². The number of anilines is 1. The monoisotopic (exact) mass is 477 g/mol. The Balaban J connectivity index is 1.66. The summed E-state index contributed by atoms with van der Waals surface area (Å²) in [4.78, 5) is 14.1. The van der Waals surface area contributed by atoms with Crippen molar-refractivity contribution in [2.75, 3.05) is 5.73 Å². The highest BCUT2D eigenvalue weighted by molar-refractivity contribution is 7.89. The van der Waals surface area contributed by atoms with Gasteiger partial charge in [0.15, 0.2) is 5.82 Å². The van der Waals surface area contributed by atoms with E-state index in [4.69, 9.17) is 10.5 Å². The predicted octanol–water partition coefficient (Wildman–Crippen LogP) is 3.69. The molecule has 10 heteroatoms. The van der Waals surface area contributed by atoms with Gasteiger partial charge < -0.3 is 10.5 Å². The predicted molar refractivity (Wildman–Crippen MR) is 126 cm³/mol. The molecular weight excluding hydrogens is 454 g/mol. The van der Waals surface area contributed by atoms with Crippen molar-refractivity contribution in [3.05, 3.63) is 102 Å². The molecule has 0 saturated carbocycles. The van der Waals surface area contributed by atoms with E-state index in [-0.39, 0.29) is 19.0 Å². The summed E-state index contributed by atoms with van der Waals surface area (Å²) in [6.07, 6.45) is -1.04. The Hall–Kier alpha value is -4.18. The van der Waals surface area contributed by atoms with Crippen molar-refractivity contribution in [3.63, 3.8) is 0 Å². The summed E-state index contributed by atoms with van der Waals surface area (Å²) in [5, 5.41) is 7.61. The topological polar surface area (TPSA) is 120 Å². The van der Waals surface area contributed by atoms with E-state index in [0.717, 1.165) is 15.9 Å². The van der Waals surface area contributed by atoms with Gasteiger partial charge in [-0.2, -0.15) is 12.7 Å². The standard InChI is InChI=1S/C24H23N5O4S/c1-18-12-14-21(15-13-18)29-26-22(25)23(27-29)34(31,32)28(16-19-8-4-2-5-9-19)24(30)33-17-20-10-6-3-7-11-20/h2-15H,16-17H2,1H3,(H2,25,26). The van der Waals surface area contributed by atoms with Gasteiger partial charge in [0.2, 0.25) is 5.03 Å². The van der Waals surface area contributed by atoms with Crippen LogP contribution in [0.1, 0.15) is 16.7 Å². The lowest BCUT2D eigenvalue weighted by Crippen LogP contribution is -2.37. The minimum atomic E-state index is -4.49. The van der Waals surface area contributed by atoms with Gasteiger partial charge in [-0.15, -0.1) is 15.0 Å². The maximum atomic E-state index is 13.5. The molecule has 0 aliphatic carbocycles. The maximum Gasteiger partial charge on any atom is 0.424 e. The van der Waals surface area contributed by atoms with Crippen LogP contribution in [0.25, 0.3) is 5.69 Å². The first kappa shape index (κ1) is 23.0. The summed E-state index contributed by atoms with van der Waals surface area (Å²) < 4.78 is 33.0. The Morgan fingerprint density at radius 3 is 2.12 bits per heavy atom. The molecule has 0 fully saturated rings. The summed E-state index contributed by atoms with van der Waals surface area (Å²) in [5.41, 5.74) is 8.80. The molecule has 2 N–H and O–H groups in total. The van der Waals surface area contributed by atoms with Gasteiger partial charge in [-0.25, -0.2) is 4.79 Å². The average molecular weight is 478 g/mol. The van der Waals surface area contributed by atoms with Gasteiger partial charge in [0.1, 0.15) is 6.61 Å². The summed E-state index contributed by atoms with van der Waals surface area (Å²) in [6, 6.07) is 24.8. The Morgan fingerprint density at radius 1 is 0.912 bits per heavy atom. The third-order valence-corrected chi connectivity index (χ3v) is 6.62. The molecule has 0 radical (unpaired) electrons. The number of hydrogen-bond acceptors (Lipinski definition) is 7. The number of nitrogen functional groups attached to an aromatic ring is 1. The average Bonchev–Trinajstić information content (AvgIpc) is 3.25. The van der Waals surface area contributed by atoms with Gasteiger partial charge in [-0.3, -0.25) is 0 Å². The molecule has 4 rings (SSSR count). The molecule has 4 aromatic rings. The smallest absolute Gasteiger partial charge is 0.424 e. The number of aryl methyl sites for hydroxylation is 1. The van der Waals surface area contributed by atoms with E-state index >= 15 is 0 Å². The van der Waals surface area contributed by atoms with Crippen molar-refractivity contribution < 1.29 is 17.9 Å². The lowest BCUT2D eigenvalue weighted by molar-refractivity contribution is 0.117. The van der Waals surface area contributed by atoms with Gasteiger partial charge in [-0.1, -0.05) is 78.4 Å². The van der Waals surface area contributed by atoms with E-state index in [1.807, 2.05) is 25.1 Å². The number of aromatic nitrogens is 3. The molecule has 0 spiro atoms. The van der Waals surface area contributed by atoms with Gasteiger partial charge in [0, 0.05) is 0 Å². The fraction of sp³-hybridized carbons (Fsp3) is 0.125. The number of carbonyl (C=O) groups excluding carboxylic acids is 1. The van der Waals surface area contributed by atoms with Gasteiger partial charge >= 0.3 is 6.09 Å². The molecule has 1 aromatic heterocycles. The zero-order valence-electron chi connectivity index (χ0n) is 18.4. The number of carbonyl (C=O) groups is 1. The molecule has 1 heterocycles. The van der Waals surface area contributed by atoms with Crippen LogP contribution in [0.5, 0.6) is 0 Å². The summed E-state index contributed by atoms with van der Waals surface area (Å²) in [6.45, 7) is 1.58. The second-order valence-electron chi connectivity index (χ2n) is 7.55. The van der Waals surface area contributed by atoms with Crippen LogP contribution in [0.4, 0.5) is 10.6 Å². The highest BCUT2D eigenvalue weighted by atomic mass is 32.2. The molecule has 0 aliphatic heterocycles. The highest BCUT2D eigenvalue weighted by Gasteiger charge is 2.36. The van der Waals surface area contributed by atoms with Crippen LogP contribution in [0, 0.1) is 6.92 Å². The Bertz CT molecular complexity index is 1370. The number of sulfonamides is 1. The SMILES string of the molecule is Cc1ccc(-n2nc(N)c(S(=O)(=O)N(Cc3ccccc3)C(=O)OCc3ccccc3)n2)cc1. The van der Waals surface area contributed by atoms with Gasteiger partial charge in [0.05, 0.1) is 12.2 Å². The number of nitrogens with zero attached hydrogens (tertiary/aromatic N) is 4. The van der Waals surface area contributed by atoms with E-state index < -0.39 is 21.1 Å². The second-order valence-corrected chi connectivity index (χ2v) is 9.33. The van der Waals surface area contributed by atoms with E-state index in [9.17, 15) is 13.2 Å². The summed E-state index contributed by atoms with van der Waals surface area (Å²) in [5.74, 6) is -0.325.